The van der Waals surface area contributed by atoms with Crippen molar-refractivity contribution in [3.63, 3.8) is 0 Å². The van der Waals surface area contributed by atoms with Crippen molar-refractivity contribution in [2.75, 3.05) is 12.4 Å². The topological polar surface area (TPSA) is 103 Å². The molecule has 0 aliphatic carbocycles. The van der Waals surface area contributed by atoms with Gasteiger partial charge in [-0.2, -0.15) is 5.10 Å². The molecule has 0 aliphatic heterocycles. The summed E-state index contributed by atoms with van der Waals surface area (Å²) < 4.78 is 5.16. The Labute approximate surface area is 189 Å². The second-order valence-corrected chi connectivity index (χ2v) is 8.17. The third kappa shape index (κ3) is 3.04. The minimum atomic E-state index is -0.143. The number of aliphatic hydroxyl groups is 1. The standard InChI is InChI=1S/C24H25N7O2/c1-13-22(14(2)30(5)28-13)31-23-17-8-15(16-9-19(25-3)20(12-32)26-10-16)6-7-18(17)27-11-21(23)29(4)24(31)33/h6-11,25,32H,12H2,1-5H3. The van der Waals surface area contributed by atoms with Crippen LogP contribution in [-0.2, 0) is 20.7 Å². The fourth-order valence-corrected chi connectivity index (χ4v) is 4.46. The maximum absolute atomic E-state index is 13.4. The Morgan fingerprint density at radius 2 is 1.85 bits per heavy atom. The SMILES string of the molecule is CNc1cc(-c2ccc3ncc4c(c3c2)n(-c2c(C)nn(C)c2C)c(=O)n4C)cnc1CO. The summed E-state index contributed by atoms with van der Waals surface area (Å²) in [5, 5.41) is 18.0. The summed E-state index contributed by atoms with van der Waals surface area (Å²) in [6, 6.07) is 7.94. The zero-order chi connectivity index (χ0) is 23.4. The fraction of sp³-hybridized carbons (Fsp3) is 0.250. The first-order chi connectivity index (χ1) is 15.8. The van der Waals surface area contributed by atoms with Crippen molar-refractivity contribution in [1.82, 2.24) is 28.9 Å². The van der Waals surface area contributed by atoms with Gasteiger partial charge in [-0.25, -0.2) is 4.79 Å². The summed E-state index contributed by atoms with van der Waals surface area (Å²) >= 11 is 0. The van der Waals surface area contributed by atoms with E-state index in [1.54, 1.807) is 40.3 Å². The molecular formula is C24H25N7O2. The first-order valence-corrected chi connectivity index (χ1v) is 10.6. The average Bonchev–Trinajstić information content (AvgIpc) is 3.23. The molecule has 0 saturated carbocycles. The van der Waals surface area contributed by atoms with Crippen LogP contribution < -0.4 is 11.0 Å². The maximum Gasteiger partial charge on any atom is 0.333 e. The summed E-state index contributed by atoms with van der Waals surface area (Å²) in [7, 11) is 5.44. The monoisotopic (exact) mass is 443 g/mol. The number of nitrogens with one attached hydrogen (secondary N) is 1. The Bertz CT molecular complexity index is 1610. The van der Waals surface area contributed by atoms with Gasteiger partial charge in [-0.3, -0.25) is 23.8 Å². The number of pyridine rings is 2. The molecular weight excluding hydrogens is 418 g/mol. The van der Waals surface area contributed by atoms with Crippen LogP contribution in [0, 0.1) is 13.8 Å². The molecule has 2 N–H and O–H groups in total. The van der Waals surface area contributed by atoms with Gasteiger partial charge in [-0.15, -0.1) is 0 Å². The van der Waals surface area contributed by atoms with Gasteiger partial charge >= 0.3 is 5.69 Å². The van der Waals surface area contributed by atoms with E-state index < -0.39 is 0 Å². The fourth-order valence-electron chi connectivity index (χ4n) is 4.46. The number of aryl methyl sites for hydroxylation is 3. The molecule has 1 aromatic carbocycles. The number of aliphatic hydroxyl groups excluding tert-OH is 1. The molecule has 0 fully saturated rings. The Hall–Kier alpha value is -3.98. The van der Waals surface area contributed by atoms with E-state index >= 15 is 0 Å². The molecule has 9 heteroatoms. The van der Waals surface area contributed by atoms with Crippen molar-refractivity contribution < 1.29 is 5.11 Å². The van der Waals surface area contributed by atoms with E-state index in [9.17, 15) is 9.90 Å². The molecule has 0 spiro atoms. The van der Waals surface area contributed by atoms with Crippen LogP contribution in [0.4, 0.5) is 5.69 Å². The molecule has 4 aromatic heterocycles. The van der Waals surface area contributed by atoms with E-state index in [0.29, 0.717) is 5.69 Å². The van der Waals surface area contributed by atoms with Crippen LogP contribution in [-0.4, -0.2) is 41.0 Å². The second kappa shape index (κ2) is 7.56. The highest BCUT2D eigenvalue weighted by Gasteiger charge is 2.21. The molecule has 0 amide bonds. The first-order valence-electron chi connectivity index (χ1n) is 10.6. The molecule has 4 heterocycles. The largest absolute Gasteiger partial charge is 0.390 e. The molecule has 5 rings (SSSR count). The van der Waals surface area contributed by atoms with Crippen molar-refractivity contribution in [3.8, 4) is 16.8 Å². The quantitative estimate of drug-likeness (QED) is 0.443. The van der Waals surface area contributed by atoms with Crippen molar-refractivity contribution in [2.45, 2.75) is 20.5 Å². The second-order valence-electron chi connectivity index (χ2n) is 8.17. The van der Waals surface area contributed by atoms with E-state index in [4.69, 9.17) is 0 Å². The summed E-state index contributed by atoms with van der Waals surface area (Å²) in [5.74, 6) is 0. The van der Waals surface area contributed by atoms with Crippen LogP contribution in [0.5, 0.6) is 0 Å². The normalized spacial score (nSPS) is 11.6. The molecule has 0 atom stereocenters. The van der Waals surface area contributed by atoms with Gasteiger partial charge < -0.3 is 10.4 Å². The molecule has 168 valence electrons. The Morgan fingerprint density at radius 1 is 1.06 bits per heavy atom. The molecule has 0 aliphatic rings. The van der Waals surface area contributed by atoms with Crippen LogP contribution in [0.1, 0.15) is 17.1 Å². The van der Waals surface area contributed by atoms with Crippen molar-refractivity contribution in [3.05, 3.63) is 64.2 Å². The van der Waals surface area contributed by atoms with Crippen LogP contribution in [0.15, 0.2) is 41.5 Å². The van der Waals surface area contributed by atoms with Gasteiger partial charge in [0.2, 0.25) is 0 Å². The number of rotatable bonds is 4. The summed E-state index contributed by atoms with van der Waals surface area (Å²) in [4.78, 5) is 22.4. The molecule has 33 heavy (non-hydrogen) atoms. The van der Waals surface area contributed by atoms with E-state index in [2.05, 4.69) is 20.4 Å². The van der Waals surface area contributed by atoms with Crippen LogP contribution in [0.3, 0.4) is 0 Å². The number of benzene rings is 1. The molecule has 9 nitrogen and oxygen atoms in total. The Balaban J connectivity index is 1.85. The van der Waals surface area contributed by atoms with E-state index in [1.807, 2.05) is 45.2 Å². The lowest BCUT2D eigenvalue weighted by molar-refractivity contribution is 0.277. The van der Waals surface area contributed by atoms with Gasteiger partial charge in [0.25, 0.3) is 0 Å². The number of hydrogen-bond donors (Lipinski definition) is 2. The zero-order valence-corrected chi connectivity index (χ0v) is 19.2. The van der Waals surface area contributed by atoms with Gasteiger partial charge in [-0.05, 0) is 37.6 Å². The van der Waals surface area contributed by atoms with Gasteiger partial charge in [0.05, 0.1) is 57.8 Å². The minimum absolute atomic E-state index is 0.140. The molecule has 0 saturated heterocycles. The number of fused-ring (bicyclic) bond motifs is 3. The van der Waals surface area contributed by atoms with Crippen LogP contribution in [0.2, 0.25) is 0 Å². The Kier molecular flexibility index (Phi) is 4.79. The lowest BCUT2D eigenvalue weighted by atomic mass is 10.0. The number of imidazole rings is 1. The molecule has 5 aromatic rings. The summed E-state index contributed by atoms with van der Waals surface area (Å²) in [5.41, 5.74) is 7.86. The maximum atomic E-state index is 13.4. The number of nitrogens with zero attached hydrogens (tertiary/aromatic N) is 6. The highest BCUT2D eigenvalue weighted by atomic mass is 16.3. The summed E-state index contributed by atoms with van der Waals surface area (Å²) in [6.07, 6.45) is 3.49. The Morgan fingerprint density at radius 3 is 2.52 bits per heavy atom. The highest BCUT2D eigenvalue weighted by Crippen LogP contribution is 2.32. The molecule has 0 radical (unpaired) electrons. The minimum Gasteiger partial charge on any atom is -0.390 e. The van der Waals surface area contributed by atoms with E-state index in [-0.39, 0.29) is 12.3 Å². The van der Waals surface area contributed by atoms with Gasteiger partial charge in [0.15, 0.2) is 0 Å². The lowest BCUT2D eigenvalue weighted by Crippen LogP contribution is -2.21. The third-order valence-electron chi connectivity index (χ3n) is 6.30. The van der Waals surface area contributed by atoms with Gasteiger partial charge in [-0.1, -0.05) is 6.07 Å². The van der Waals surface area contributed by atoms with E-state index in [1.165, 1.54) is 0 Å². The molecule has 0 unspecified atom stereocenters. The van der Waals surface area contributed by atoms with E-state index in [0.717, 1.165) is 55.8 Å². The smallest absolute Gasteiger partial charge is 0.333 e. The van der Waals surface area contributed by atoms with Crippen LogP contribution in [0.25, 0.3) is 38.8 Å². The van der Waals surface area contributed by atoms with Gasteiger partial charge in [0, 0.05) is 38.3 Å². The van der Waals surface area contributed by atoms with Crippen molar-refractivity contribution in [2.24, 2.45) is 14.1 Å². The third-order valence-corrected chi connectivity index (χ3v) is 6.30. The van der Waals surface area contributed by atoms with Gasteiger partial charge in [0.1, 0.15) is 0 Å². The number of anilines is 1. The number of aromatic nitrogens is 6. The van der Waals surface area contributed by atoms with Crippen molar-refractivity contribution in [1.29, 1.82) is 0 Å². The number of hydrogen-bond acceptors (Lipinski definition) is 6. The van der Waals surface area contributed by atoms with Crippen LogP contribution >= 0.6 is 0 Å². The predicted octanol–water partition coefficient (Wildman–Crippen LogP) is 2.82. The lowest BCUT2D eigenvalue weighted by Gasteiger charge is -2.11. The van der Waals surface area contributed by atoms with Crippen molar-refractivity contribution >= 4 is 27.6 Å². The summed E-state index contributed by atoms with van der Waals surface area (Å²) in [6.45, 7) is 3.73. The zero-order valence-electron chi connectivity index (χ0n) is 19.2. The first kappa shape index (κ1) is 20.9. The predicted molar refractivity (Wildman–Crippen MR) is 129 cm³/mol. The molecule has 0 bridgehead atoms. The average molecular weight is 444 g/mol. The highest BCUT2D eigenvalue weighted by molar-refractivity contribution is 6.04.